The van der Waals surface area contributed by atoms with E-state index in [2.05, 4.69) is 4.74 Å². The highest BCUT2D eigenvalue weighted by molar-refractivity contribution is 5.94. The molecule has 1 rings (SSSR count). The number of hydrogen-bond acceptors (Lipinski definition) is 4. The SMILES string of the molecule is COc1cc(C(=O)NCC(F)(F)CN)ccc1OC(F)F.Cl. The third-order valence-electron chi connectivity index (χ3n) is 2.45. The second-order valence-corrected chi connectivity index (χ2v) is 3.99. The van der Waals surface area contributed by atoms with Crippen LogP contribution >= 0.6 is 12.4 Å². The summed E-state index contributed by atoms with van der Waals surface area (Å²) in [4.78, 5) is 11.7. The third-order valence-corrected chi connectivity index (χ3v) is 2.45. The number of amides is 1. The first-order chi connectivity index (χ1) is 9.79. The molecule has 3 N–H and O–H groups in total. The lowest BCUT2D eigenvalue weighted by Crippen LogP contribution is -2.41. The molecule has 0 heterocycles. The van der Waals surface area contributed by atoms with Crippen molar-refractivity contribution in [2.45, 2.75) is 12.5 Å². The van der Waals surface area contributed by atoms with E-state index in [1.165, 1.54) is 7.11 Å². The Labute approximate surface area is 130 Å². The van der Waals surface area contributed by atoms with E-state index < -0.39 is 31.5 Å². The predicted octanol–water partition coefficient (Wildman–Crippen LogP) is 2.04. The lowest BCUT2D eigenvalue weighted by molar-refractivity contribution is -0.0512. The summed E-state index contributed by atoms with van der Waals surface area (Å²) in [5.74, 6) is -4.42. The maximum atomic E-state index is 12.9. The molecular weight excluding hydrogens is 332 g/mol. The minimum atomic E-state index is -3.22. The zero-order valence-corrected chi connectivity index (χ0v) is 12.3. The third kappa shape index (κ3) is 5.94. The van der Waals surface area contributed by atoms with Crippen LogP contribution in [0.25, 0.3) is 0 Å². The van der Waals surface area contributed by atoms with Gasteiger partial charge in [0.25, 0.3) is 11.8 Å². The molecule has 0 aliphatic heterocycles. The van der Waals surface area contributed by atoms with Gasteiger partial charge in [-0.1, -0.05) is 0 Å². The summed E-state index contributed by atoms with van der Waals surface area (Å²) >= 11 is 0. The molecule has 0 saturated heterocycles. The summed E-state index contributed by atoms with van der Waals surface area (Å²) in [6, 6.07) is 3.34. The van der Waals surface area contributed by atoms with Crippen molar-refractivity contribution in [2.75, 3.05) is 20.2 Å². The van der Waals surface area contributed by atoms with Crippen molar-refractivity contribution >= 4 is 18.3 Å². The van der Waals surface area contributed by atoms with Crippen molar-refractivity contribution < 1.29 is 31.8 Å². The molecule has 0 saturated carbocycles. The highest BCUT2D eigenvalue weighted by Crippen LogP contribution is 2.29. The van der Waals surface area contributed by atoms with Crippen LogP contribution in [-0.2, 0) is 0 Å². The summed E-state index contributed by atoms with van der Waals surface area (Å²) in [6.45, 7) is -4.89. The van der Waals surface area contributed by atoms with Crippen LogP contribution in [0.4, 0.5) is 17.6 Å². The van der Waals surface area contributed by atoms with Gasteiger partial charge in [-0.05, 0) is 18.2 Å². The van der Waals surface area contributed by atoms with Crippen molar-refractivity contribution in [3.05, 3.63) is 23.8 Å². The molecule has 0 aliphatic rings. The minimum absolute atomic E-state index is 0. The number of nitrogens with one attached hydrogen (secondary N) is 1. The zero-order chi connectivity index (χ0) is 16.0. The molecule has 10 heteroatoms. The first kappa shape index (κ1) is 20.3. The Kier molecular flexibility index (Phi) is 7.96. The molecule has 0 spiro atoms. The lowest BCUT2D eigenvalue weighted by atomic mass is 10.2. The molecule has 5 nitrogen and oxygen atoms in total. The van der Waals surface area contributed by atoms with Crippen LogP contribution < -0.4 is 20.5 Å². The highest BCUT2D eigenvalue weighted by Gasteiger charge is 2.27. The largest absolute Gasteiger partial charge is 0.493 e. The monoisotopic (exact) mass is 346 g/mol. The first-order valence-electron chi connectivity index (χ1n) is 5.78. The van der Waals surface area contributed by atoms with Crippen LogP contribution in [0.15, 0.2) is 18.2 Å². The number of carbonyl (C=O) groups excluding carboxylic acids is 1. The van der Waals surface area contributed by atoms with Crippen LogP contribution in [0.1, 0.15) is 10.4 Å². The number of hydrogen-bond donors (Lipinski definition) is 2. The minimum Gasteiger partial charge on any atom is -0.493 e. The molecule has 22 heavy (non-hydrogen) atoms. The number of ether oxygens (including phenoxy) is 2. The van der Waals surface area contributed by atoms with Crippen LogP contribution in [0.2, 0.25) is 0 Å². The average molecular weight is 347 g/mol. The predicted molar refractivity (Wildman–Crippen MR) is 73.2 cm³/mol. The fourth-order valence-corrected chi connectivity index (χ4v) is 1.39. The quantitative estimate of drug-likeness (QED) is 0.741. The molecule has 0 radical (unpaired) electrons. The Hall–Kier alpha value is -1.74. The van der Waals surface area contributed by atoms with E-state index in [0.717, 1.165) is 18.2 Å². The Balaban J connectivity index is 0.00000441. The molecule has 0 aromatic heterocycles. The van der Waals surface area contributed by atoms with Gasteiger partial charge in [0.15, 0.2) is 11.5 Å². The molecule has 126 valence electrons. The van der Waals surface area contributed by atoms with E-state index in [1.54, 1.807) is 0 Å². The number of halogens is 5. The normalized spacial score (nSPS) is 10.9. The van der Waals surface area contributed by atoms with Gasteiger partial charge in [-0.3, -0.25) is 4.79 Å². The molecular formula is C12H15ClF4N2O3. The molecule has 0 atom stereocenters. The Bertz CT molecular complexity index is 503. The first-order valence-corrected chi connectivity index (χ1v) is 5.78. The fourth-order valence-electron chi connectivity index (χ4n) is 1.39. The molecule has 0 aliphatic carbocycles. The summed E-state index contributed by atoms with van der Waals surface area (Å²) in [7, 11) is 1.19. The Morgan fingerprint density at radius 3 is 2.50 bits per heavy atom. The Morgan fingerprint density at radius 2 is 2.00 bits per heavy atom. The lowest BCUT2D eigenvalue weighted by Gasteiger charge is -2.15. The van der Waals surface area contributed by atoms with Gasteiger partial charge in [0.05, 0.1) is 20.2 Å². The van der Waals surface area contributed by atoms with E-state index in [9.17, 15) is 22.4 Å². The van der Waals surface area contributed by atoms with Gasteiger partial charge in [0.2, 0.25) is 0 Å². The number of benzene rings is 1. The smallest absolute Gasteiger partial charge is 0.387 e. The number of methoxy groups -OCH3 is 1. The summed E-state index contributed by atoms with van der Waals surface area (Å²) in [5.41, 5.74) is 4.79. The van der Waals surface area contributed by atoms with Crippen LogP contribution in [0.3, 0.4) is 0 Å². The zero-order valence-electron chi connectivity index (χ0n) is 11.4. The standard InChI is InChI=1S/C12H14F4N2O3.ClH/c1-20-9-4-7(2-3-8(9)21-11(13)14)10(19)18-6-12(15,16)5-17;/h2-4,11H,5-6,17H2,1H3,(H,18,19);1H. The maximum Gasteiger partial charge on any atom is 0.387 e. The average Bonchev–Trinajstić information content (AvgIpc) is 2.44. The van der Waals surface area contributed by atoms with Gasteiger partial charge in [-0.2, -0.15) is 8.78 Å². The topological polar surface area (TPSA) is 73.6 Å². The molecule has 1 aromatic carbocycles. The van der Waals surface area contributed by atoms with Gasteiger partial charge in [-0.25, -0.2) is 8.78 Å². The van der Waals surface area contributed by atoms with Gasteiger partial charge < -0.3 is 20.5 Å². The number of alkyl halides is 4. The molecule has 0 fully saturated rings. The van der Waals surface area contributed by atoms with E-state index in [1.807, 2.05) is 5.32 Å². The van der Waals surface area contributed by atoms with Crippen molar-refractivity contribution in [3.8, 4) is 11.5 Å². The van der Waals surface area contributed by atoms with Crippen molar-refractivity contribution in [1.82, 2.24) is 5.32 Å². The molecule has 0 unspecified atom stereocenters. The number of nitrogens with two attached hydrogens (primary N) is 1. The van der Waals surface area contributed by atoms with Crippen molar-refractivity contribution in [2.24, 2.45) is 5.73 Å². The van der Waals surface area contributed by atoms with Gasteiger partial charge in [0.1, 0.15) is 0 Å². The molecule has 1 amide bonds. The second-order valence-electron chi connectivity index (χ2n) is 3.99. The van der Waals surface area contributed by atoms with Gasteiger partial charge >= 0.3 is 6.61 Å². The summed E-state index contributed by atoms with van der Waals surface area (Å²) in [5, 5.41) is 1.99. The molecule has 1 aromatic rings. The van der Waals surface area contributed by atoms with Crippen molar-refractivity contribution in [1.29, 1.82) is 0 Å². The summed E-state index contributed by atoms with van der Waals surface area (Å²) in [6.07, 6.45) is 0. The van der Waals surface area contributed by atoms with Gasteiger partial charge in [-0.15, -0.1) is 12.4 Å². The molecule has 0 bridgehead atoms. The van der Waals surface area contributed by atoms with Crippen LogP contribution in [0, 0.1) is 0 Å². The maximum absolute atomic E-state index is 12.9. The van der Waals surface area contributed by atoms with Gasteiger partial charge in [0, 0.05) is 5.56 Å². The number of rotatable bonds is 7. The number of carbonyl (C=O) groups is 1. The van der Waals surface area contributed by atoms with E-state index in [-0.39, 0.29) is 29.5 Å². The van der Waals surface area contributed by atoms with E-state index in [4.69, 9.17) is 10.5 Å². The van der Waals surface area contributed by atoms with E-state index >= 15 is 0 Å². The highest BCUT2D eigenvalue weighted by atomic mass is 35.5. The van der Waals surface area contributed by atoms with Crippen LogP contribution in [-0.4, -0.2) is 38.6 Å². The fraction of sp³-hybridized carbons (Fsp3) is 0.417. The second kappa shape index (κ2) is 8.64. The van der Waals surface area contributed by atoms with Crippen molar-refractivity contribution in [3.63, 3.8) is 0 Å². The van der Waals surface area contributed by atoms with E-state index in [0.29, 0.717) is 0 Å². The Morgan fingerprint density at radius 1 is 1.36 bits per heavy atom. The summed E-state index contributed by atoms with van der Waals surface area (Å²) < 4.78 is 59.1. The van der Waals surface area contributed by atoms with Crippen LogP contribution in [0.5, 0.6) is 11.5 Å².